The third kappa shape index (κ3) is 5.19. The Kier molecular flexibility index (Phi) is 6.01. The third-order valence-corrected chi connectivity index (χ3v) is 5.83. The van der Waals surface area contributed by atoms with Crippen molar-refractivity contribution in [3.05, 3.63) is 42.9 Å². The molecule has 29 heavy (non-hydrogen) atoms. The molecule has 0 aromatic carbocycles. The number of nitrogens with zero attached hydrogens (tertiary/aromatic N) is 3. The minimum absolute atomic E-state index is 0.0587. The van der Waals surface area contributed by atoms with Crippen molar-refractivity contribution in [2.75, 3.05) is 18.8 Å². The minimum atomic E-state index is -5.08. The first-order valence-corrected chi connectivity index (χ1v) is 9.35. The van der Waals surface area contributed by atoms with E-state index in [1.165, 1.54) is 12.7 Å². The summed E-state index contributed by atoms with van der Waals surface area (Å²) < 4.78 is 42.7. The molecule has 1 unspecified atom stereocenters. The number of hydrogen-bond acceptors (Lipinski definition) is 7. The number of alkyl halides is 3. The third-order valence-electron chi connectivity index (χ3n) is 4.25. The number of likely N-dealkylation sites (tertiary alicyclic amines) is 1. The molecule has 2 aromatic rings. The molecule has 0 radical (unpaired) electrons. The molecule has 0 bridgehead atoms. The number of oxazole rings is 1. The second-order valence-corrected chi connectivity index (χ2v) is 7.95. The largest absolute Gasteiger partial charge is 0.490 e. The Hall–Kier alpha value is -2.76. The highest BCUT2D eigenvalue weighted by Gasteiger charge is 2.51. The van der Waals surface area contributed by atoms with Crippen LogP contribution in [0.5, 0.6) is 5.75 Å². The lowest BCUT2D eigenvalue weighted by Gasteiger charge is -2.47. The van der Waals surface area contributed by atoms with Crippen molar-refractivity contribution >= 4 is 23.6 Å². The number of rotatable bonds is 3. The molecule has 2 fully saturated rings. The van der Waals surface area contributed by atoms with Gasteiger partial charge in [-0.15, -0.1) is 11.8 Å². The maximum absolute atomic E-state index is 12.2. The average Bonchev–Trinajstić information content (AvgIpc) is 3.31. The number of aliphatic carboxylic acids is 1. The Morgan fingerprint density at radius 1 is 1.38 bits per heavy atom. The second-order valence-electron chi connectivity index (χ2n) is 6.46. The van der Waals surface area contributed by atoms with E-state index < -0.39 is 12.1 Å². The van der Waals surface area contributed by atoms with Crippen molar-refractivity contribution < 1.29 is 37.0 Å². The Balaban J connectivity index is 0.000000298. The summed E-state index contributed by atoms with van der Waals surface area (Å²) in [4.78, 5) is 30.8. The van der Waals surface area contributed by atoms with E-state index in [1.807, 2.05) is 28.8 Å². The minimum Gasteiger partial charge on any atom is -0.488 e. The number of amides is 1. The summed E-state index contributed by atoms with van der Waals surface area (Å²) in [6, 6.07) is 3.79. The van der Waals surface area contributed by atoms with E-state index in [0.717, 1.165) is 31.0 Å². The van der Waals surface area contributed by atoms with Crippen molar-refractivity contribution in [3.8, 4) is 5.75 Å². The van der Waals surface area contributed by atoms with Gasteiger partial charge >= 0.3 is 12.1 Å². The van der Waals surface area contributed by atoms with Gasteiger partial charge in [0.2, 0.25) is 0 Å². The van der Waals surface area contributed by atoms with E-state index in [4.69, 9.17) is 19.1 Å². The summed E-state index contributed by atoms with van der Waals surface area (Å²) in [5, 5.41) is 7.12. The van der Waals surface area contributed by atoms with Crippen LogP contribution >= 0.6 is 11.8 Å². The first kappa shape index (κ1) is 21.0. The van der Waals surface area contributed by atoms with Crippen LogP contribution in [0.4, 0.5) is 13.2 Å². The van der Waals surface area contributed by atoms with Crippen LogP contribution in [0, 0.1) is 0 Å². The highest BCUT2D eigenvalue weighted by molar-refractivity contribution is 8.01. The smallest absolute Gasteiger partial charge is 0.488 e. The van der Waals surface area contributed by atoms with Gasteiger partial charge in [0, 0.05) is 31.5 Å². The zero-order chi connectivity index (χ0) is 21.1. The number of carboxylic acids is 1. The molecule has 156 valence electrons. The van der Waals surface area contributed by atoms with Crippen molar-refractivity contribution in [1.82, 2.24) is 14.9 Å². The lowest BCUT2D eigenvalue weighted by Crippen LogP contribution is -2.60. The maximum atomic E-state index is 12.2. The number of halogens is 3. The monoisotopic (exact) mass is 431 g/mol. The molecule has 1 N–H and O–H groups in total. The summed E-state index contributed by atoms with van der Waals surface area (Å²) in [5.74, 6) is -1.06. The van der Waals surface area contributed by atoms with Crippen molar-refractivity contribution in [2.45, 2.75) is 23.4 Å². The van der Waals surface area contributed by atoms with Crippen molar-refractivity contribution in [1.29, 1.82) is 0 Å². The van der Waals surface area contributed by atoms with Crippen LogP contribution in [-0.4, -0.2) is 67.7 Å². The fourth-order valence-electron chi connectivity index (χ4n) is 2.98. The van der Waals surface area contributed by atoms with Gasteiger partial charge < -0.3 is 19.2 Å². The van der Waals surface area contributed by atoms with Gasteiger partial charge in [-0.1, -0.05) is 0 Å². The molecule has 2 aliphatic heterocycles. The van der Waals surface area contributed by atoms with E-state index in [1.54, 1.807) is 12.4 Å². The number of carbonyl (C=O) groups is 2. The van der Waals surface area contributed by atoms with E-state index in [9.17, 15) is 18.0 Å². The molecular formula is C17H16F3N3O5S. The lowest BCUT2D eigenvalue weighted by atomic mass is 9.92. The predicted molar refractivity (Wildman–Crippen MR) is 94.6 cm³/mol. The Morgan fingerprint density at radius 2 is 2.10 bits per heavy atom. The van der Waals surface area contributed by atoms with Crippen LogP contribution < -0.4 is 4.74 Å². The van der Waals surface area contributed by atoms with Gasteiger partial charge in [-0.3, -0.25) is 9.78 Å². The van der Waals surface area contributed by atoms with E-state index in [0.29, 0.717) is 5.69 Å². The first-order valence-electron chi connectivity index (χ1n) is 8.37. The maximum Gasteiger partial charge on any atom is 0.490 e. The fraction of sp³-hybridized carbons (Fsp3) is 0.412. The number of pyridine rings is 1. The normalized spacial score (nSPS) is 19.8. The van der Waals surface area contributed by atoms with Crippen LogP contribution in [0.3, 0.4) is 0 Å². The van der Waals surface area contributed by atoms with Crippen LogP contribution in [-0.2, 0) is 4.79 Å². The number of thioether (sulfide) groups is 1. The highest BCUT2D eigenvalue weighted by atomic mass is 32.2. The standard InChI is InChI=1S/C15H15N3O3S.C2HF3O2/c19-14(13-6-20-10-17-13)18-8-15(9-18)4-12(7-22-15)21-11-2-1-3-16-5-11;3-2(4,5)1(6)7/h1-3,5-6,10,12H,4,7-9H2;(H,6,7). The number of carbonyl (C=O) groups excluding carboxylic acids is 1. The first-order chi connectivity index (χ1) is 13.7. The van der Waals surface area contributed by atoms with E-state index in [2.05, 4.69) is 9.97 Å². The van der Waals surface area contributed by atoms with Gasteiger partial charge in [-0.05, 0) is 12.1 Å². The van der Waals surface area contributed by atoms with Crippen LogP contribution in [0.15, 0.2) is 41.6 Å². The van der Waals surface area contributed by atoms with Crippen molar-refractivity contribution in [2.24, 2.45) is 0 Å². The Bertz CT molecular complexity index is 842. The van der Waals surface area contributed by atoms with E-state index >= 15 is 0 Å². The number of ether oxygens (including phenoxy) is 1. The zero-order valence-corrected chi connectivity index (χ0v) is 15.7. The van der Waals surface area contributed by atoms with Gasteiger partial charge in [-0.2, -0.15) is 13.2 Å². The summed E-state index contributed by atoms with van der Waals surface area (Å²) >= 11 is 1.89. The molecule has 2 aliphatic rings. The van der Waals surface area contributed by atoms with Crippen LogP contribution in [0.25, 0.3) is 0 Å². The quantitative estimate of drug-likeness (QED) is 0.790. The van der Waals surface area contributed by atoms with Crippen LogP contribution in [0.2, 0.25) is 0 Å². The molecule has 4 rings (SSSR count). The van der Waals surface area contributed by atoms with Crippen molar-refractivity contribution in [3.63, 3.8) is 0 Å². The number of hydrogen-bond donors (Lipinski definition) is 1. The molecule has 1 spiro atoms. The topological polar surface area (TPSA) is 106 Å². The van der Waals surface area contributed by atoms with Gasteiger partial charge in [0.25, 0.3) is 5.91 Å². The van der Waals surface area contributed by atoms with Gasteiger partial charge in [0.05, 0.1) is 10.9 Å². The number of aromatic nitrogens is 2. The summed E-state index contributed by atoms with van der Waals surface area (Å²) in [7, 11) is 0. The summed E-state index contributed by atoms with van der Waals surface area (Å²) in [6.45, 7) is 1.49. The van der Waals surface area contributed by atoms with Gasteiger partial charge in [-0.25, -0.2) is 9.78 Å². The van der Waals surface area contributed by atoms with Crippen LogP contribution in [0.1, 0.15) is 16.9 Å². The second kappa shape index (κ2) is 8.31. The average molecular weight is 431 g/mol. The molecular weight excluding hydrogens is 415 g/mol. The molecule has 2 aromatic heterocycles. The number of carboxylic acid groups (broad SMARTS) is 1. The Labute approximate surface area is 167 Å². The SMILES string of the molecule is O=C(O)C(F)(F)F.O=C(c1cocn1)N1CC2(CC(Oc3cccnc3)CS2)C1. The molecule has 0 aliphatic carbocycles. The highest BCUT2D eigenvalue weighted by Crippen LogP contribution is 2.46. The predicted octanol–water partition coefficient (Wildman–Crippen LogP) is 2.48. The molecule has 1 atom stereocenters. The fourth-order valence-corrected chi connectivity index (χ4v) is 4.50. The molecule has 2 saturated heterocycles. The zero-order valence-electron chi connectivity index (χ0n) is 14.8. The summed E-state index contributed by atoms with van der Waals surface area (Å²) in [5.41, 5.74) is 0.376. The molecule has 0 saturated carbocycles. The molecule has 4 heterocycles. The summed E-state index contributed by atoms with van der Waals surface area (Å²) in [6.07, 6.45) is 2.19. The van der Waals surface area contributed by atoms with Gasteiger partial charge in [0.15, 0.2) is 12.1 Å². The Morgan fingerprint density at radius 3 is 2.66 bits per heavy atom. The lowest BCUT2D eigenvalue weighted by molar-refractivity contribution is -0.192. The molecule has 12 heteroatoms. The van der Waals surface area contributed by atoms with E-state index in [-0.39, 0.29) is 16.8 Å². The van der Waals surface area contributed by atoms with Gasteiger partial charge in [0.1, 0.15) is 18.1 Å². The molecule has 8 nitrogen and oxygen atoms in total. The molecule has 1 amide bonds.